The van der Waals surface area contributed by atoms with Crippen molar-refractivity contribution in [1.29, 1.82) is 0 Å². The lowest BCUT2D eigenvalue weighted by atomic mass is 9.84. The Morgan fingerprint density at radius 1 is 1.39 bits per heavy atom. The summed E-state index contributed by atoms with van der Waals surface area (Å²) in [6.45, 7) is 6.08. The maximum absolute atomic E-state index is 12.4. The molecule has 0 spiro atoms. The summed E-state index contributed by atoms with van der Waals surface area (Å²) in [5, 5.41) is 0. The molecule has 98 valence electrons. The first-order chi connectivity index (χ1) is 8.37. The minimum Gasteiger partial charge on any atom is -0.399 e. The summed E-state index contributed by atoms with van der Waals surface area (Å²) in [6.07, 6.45) is 2.25. The van der Waals surface area contributed by atoms with Crippen LogP contribution >= 0.6 is 15.9 Å². The van der Waals surface area contributed by atoms with E-state index in [-0.39, 0.29) is 11.3 Å². The molecule has 0 saturated carbocycles. The Balaban J connectivity index is 2.20. The van der Waals surface area contributed by atoms with Crippen LogP contribution in [0.5, 0.6) is 0 Å². The number of piperidine rings is 1. The summed E-state index contributed by atoms with van der Waals surface area (Å²) in [5.74, 6) is 0.0794. The van der Waals surface area contributed by atoms with Gasteiger partial charge in [-0.25, -0.2) is 0 Å². The molecule has 0 bridgehead atoms. The van der Waals surface area contributed by atoms with E-state index in [4.69, 9.17) is 5.73 Å². The summed E-state index contributed by atoms with van der Waals surface area (Å²) < 4.78 is 0.849. The van der Waals surface area contributed by atoms with Crippen LogP contribution in [0, 0.1) is 5.41 Å². The van der Waals surface area contributed by atoms with Gasteiger partial charge in [-0.3, -0.25) is 4.79 Å². The number of likely N-dealkylation sites (tertiary alicyclic amines) is 1. The molecule has 4 heteroatoms. The van der Waals surface area contributed by atoms with Gasteiger partial charge < -0.3 is 10.6 Å². The first-order valence-corrected chi connectivity index (χ1v) is 7.02. The van der Waals surface area contributed by atoms with Gasteiger partial charge >= 0.3 is 0 Å². The molecule has 1 fully saturated rings. The van der Waals surface area contributed by atoms with Gasteiger partial charge in [0.15, 0.2) is 0 Å². The van der Waals surface area contributed by atoms with Crippen molar-refractivity contribution in [3.63, 3.8) is 0 Å². The van der Waals surface area contributed by atoms with E-state index >= 15 is 0 Å². The molecule has 1 aromatic rings. The molecule has 1 aromatic carbocycles. The van der Waals surface area contributed by atoms with Crippen LogP contribution in [0.15, 0.2) is 22.7 Å². The number of carbonyl (C=O) groups is 1. The highest BCUT2D eigenvalue weighted by molar-refractivity contribution is 9.10. The molecule has 0 radical (unpaired) electrons. The molecule has 18 heavy (non-hydrogen) atoms. The van der Waals surface area contributed by atoms with E-state index < -0.39 is 0 Å². The van der Waals surface area contributed by atoms with E-state index in [1.54, 1.807) is 12.1 Å². The second-order valence-corrected chi connectivity index (χ2v) is 6.68. The molecule has 1 aliphatic heterocycles. The minimum absolute atomic E-state index is 0.0794. The third kappa shape index (κ3) is 3.05. The van der Waals surface area contributed by atoms with Gasteiger partial charge in [-0.2, -0.15) is 0 Å². The largest absolute Gasteiger partial charge is 0.399 e. The number of nitrogens with two attached hydrogens (primary N) is 1. The average Bonchev–Trinajstić information content (AvgIpc) is 2.25. The van der Waals surface area contributed by atoms with Gasteiger partial charge in [-0.15, -0.1) is 0 Å². The molecule has 0 unspecified atom stereocenters. The summed E-state index contributed by atoms with van der Waals surface area (Å²) >= 11 is 3.38. The van der Waals surface area contributed by atoms with Crippen LogP contribution < -0.4 is 5.73 Å². The average molecular weight is 311 g/mol. The Labute approximate surface area is 116 Å². The van der Waals surface area contributed by atoms with Crippen LogP contribution in [-0.2, 0) is 0 Å². The van der Waals surface area contributed by atoms with E-state index in [9.17, 15) is 4.79 Å². The van der Waals surface area contributed by atoms with Crippen molar-refractivity contribution in [2.24, 2.45) is 5.41 Å². The van der Waals surface area contributed by atoms with Gasteiger partial charge in [0, 0.05) is 28.8 Å². The molecule has 1 aliphatic rings. The van der Waals surface area contributed by atoms with Gasteiger partial charge in [-0.1, -0.05) is 29.8 Å². The molecule has 0 aliphatic carbocycles. The Bertz CT molecular complexity index is 451. The number of halogens is 1. The van der Waals surface area contributed by atoms with E-state index in [1.807, 2.05) is 11.0 Å². The van der Waals surface area contributed by atoms with Crippen LogP contribution in [0.4, 0.5) is 5.69 Å². The van der Waals surface area contributed by atoms with Crippen LogP contribution in [0.25, 0.3) is 0 Å². The lowest BCUT2D eigenvalue weighted by Gasteiger charge is -2.38. The number of nitrogen functional groups attached to an aromatic ring is 1. The Morgan fingerprint density at radius 2 is 2.11 bits per heavy atom. The summed E-state index contributed by atoms with van der Waals surface area (Å²) in [7, 11) is 0. The van der Waals surface area contributed by atoms with Crippen molar-refractivity contribution in [3.8, 4) is 0 Å². The van der Waals surface area contributed by atoms with Gasteiger partial charge in [0.2, 0.25) is 0 Å². The number of hydrogen-bond donors (Lipinski definition) is 1. The standard InChI is InChI=1S/C14H19BrN2O/c1-14(2)4-3-5-17(9-14)13(18)10-6-11(15)8-12(16)7-10/h6-8H,3-5,9,16H2,1-2H3. The van der Waals surface area contributed by atoms with Crippen LogP contribution in [0.1, 0.15) is 37.0 Å². The number of rotatable bonds is 1. The zero-order valence-electron chi connectivity index (χ0n) is 10.9. The van der Waals surface area contributed by atoms with Crippen molar-refractivity contribution in [1.82, 2.24) is 4.90 Å². The normalized spacial score (nSPS) is 18.7. The van der Waals surface area contributed by atoms with Crippen LogP contribution in [0.3, 0.4) is 0 Å². The van der Waals surface area contributed by atoms with E-state index in [1.165, 1.54) is 6.42 Å². The third-order valence-electron chi connectivity index (χ3n) is 3.35. The maximum atomic E-state index is 12.4. The quantitative estimate of drug-likeness (QED) is 0.809. The molecular weight excluding hydrogens is 292 g/mol. The fraction of sp³-hybridized carbons (Fsp3) is 0.500. The molecule has 0 aromatic heterocycles. The SMILES string of the molecule is CC1(C)CCCN(C(=O)c2cc(N)cc(Br)c2)C1. The van der Waals surface area contributed by atoms with Crippen molar-refractivity contribution in [2.75, 3.05) is 18.8 Å². The molecule has 1 amide bonds. The molecule has 1 heterocycles. The predicted octanol–water partition coefficient (Wildman–Crippen LogP) is 3.29. The fourth-order valence-corrected chi connectivity index (χ4v) is 3.03. The topological polar surface area (TPSA) is 46.3 Å². The molecule has 3 nitrogen and oxygen atoms in total. The Hall–Kier alpha value is -1.03. The fourth-order valence-electron chi connectivity index (χ4n) is 2.51. The van der Waals surface area contributed by atoms with E-state index in [2.05, 4.69) is 29.8 Å². The van der Waals surface area contributed by atoms with E-state index in [0.29, 0.717) is 11.3 Å². The second-order valence-electron chi connectivity index (χ2n) is 5.77. The van der Waals surface area contributed by atoms with Crippen molar-refractivity contribution in [2.45, 2.75) is 26.7 Å². The highest BCUT2D eigenvalue weighted by atomic mass is 79.9. The number of anilines is 1. The zero-order chi connectivity index (χ0) is 13.3. The van der Waals surface area contributed by atoms with Gasteiger partial charge in [-0.05, 0) is 36.5 Å². The number of carbonyl (C=O) groups excluding carboxylic acids is 1. The van der Waals surface area contributed by atoms with Gasteiger partial charge in [0.05, 0.1) is 0 Å². The maximum Gasteiger partial charge on any atom is 0.253 e. The number of amides is 1. The van der Waals surface area contributed by atoms with Crippen molar-refractivity contribution >= 4 is 27.5 Å². The smallest absolute Gasteiger partial charge is 0.253 e. The van der Waals surface area contributed by atoms with Crippen LogP contribution in [-0.4, -0.2) is 23.9 Å². The van der Waals surface area contributed by atoms with Crippen LogP contribution in [0.2, 0.25) is 0 Å². The lowest BCUT2D eigenvalue weighted by molar-refractivity contribution is 0.0583. The first kappa shape index (κ1) is 13.4. The molecular formula is C14H19BrN2O. The highest BCUT2D eigenvalue weighted by Crippen LogP contribution is 2.29. The molecule has 2 rings (SSSR count). The number of hydrogen-bond acceptors (Lipinski definition) is 2. The number of benzene rings is 1. The summed E-state index contributed by atoms with van der Waals surface area (Å²) in [5.41, 5.74) is 7.27. The monoisotopic (exact) mass is 310 g/mol. The molecule has 0 atom stereocenters. The molecule has 2 N–H and O–H groups in total. The van der Waals surface area contributed by atoms with Gasteiger partial charge in [0.1, 0.15) is 0 Å². The number of nitrogens with zero attached hydrogens (tertiary/aromatic N) is 1. The van der Waals surface area contributed by atoms with E-state index in [0.717, 1.165) is 24.0 Å². The van der Waals surface area contributed by atoms with Gasteiger partial charge in [0.25, 0.3) is 5.91 Å². The third-order valence-corrected chi connectivity index (χ3v) is 3.81. The summed E-state index contributed by atoms with van der Waals surface area (Å²) in [4.78, 5) is 14.4. The summed E-state index contributed by atoms with van der Waals surface area (Å²) in [6, 6.07) is 5.38. The minimum atomic E-state index is 0.0794. The lowest BCUT2D eigenvalue weighted by Crippen LogP contribution is -2.43. The van der Waals surface area contributed by atoms with Crippen molar-refractivity contribution in [3.05, 3.63) is 28.2 Å². The Kier molecular flexibility index (Phi) is 3.66. The van der Waals surface area contributed by atoms with Crippen molar-refractivity contribution < 1.29 is 4.79 Å². The predicted molar refractivity (Wildman–Crippen MR) is 77.5 cm³/mol. The Morgan fingerprint density at radius 3 is 2.72 bits per heavy atom. The zero-order valence-corrected chi connectivity index (χ0v) is 12.5. The molecule has 1 saturated heterocycles. The second kappa shape index (κ2) is 4.92. The highest BCUT2D eigenvalue weighted by Gasteiger charge is 2.29. The first-order valence-electron chi connectivity index (χ1n) is 6.23.